The number of aliphatic hydroxyl groups excluding tert-OH is 1. The average molecular weight is 306 g/mol. The van der Waals surface area contributed by atoms with E-state index in [-0.39, 0.29) is 11.7 Å². The first kappa shape index (κ1) is 15.4. The molecule has 2 aliphatic rings. The van der Waals surface area contributed by atoms with E-state index in [1.165, 1.54) is 43.4 Å². The summed E-state index contributed by atoms with van der Waals surface area (Å²) >= 11 is 1.99. The molecule has 0 bridgehead atoms. The van der Waals surface area contributed by atoms with Crippen LogP contribution >= 0.6 is 11.8 Å². The Morgan fingerprint density at radius 1 is 1.19 bits per heavy atom. The maximum Gasteiger partial charge on any atom is 0.0761 e. The van der Waals surface area contributed by atoms with Gasteiger partial charge in [0.25, 0.3) is 0 Å². The summed E-state index contributed by atoms with van der Waals surface area (Å²) in [6, 6.07) is 8.39. The lowest BCUT2D eigenvalue weighted by atomic mass is 9.80. The topological polar surface area (TPSA) is 29.5 Å². The second-order valence-corrected chi connectivity index (χ2v) is 7.94. The van der Waals surface area contributed by atoms with Crippen molar-refractivity contribution in [1.29, 1.82) is 0 Å². The molecular weight excluding hydrogens is 280 g/mol. The van der Waals surface area contributed by atoms with E-state index >= 15 is 0 Å². The van der Waals surface area contributed by atoms with E-state index in [1.54, 1.807) is 0 Å². The Morgan fingerprint density at radius 3 is 2.57 bits per heavy atom. The molecule has 0 aromatic heterocycles. The van der Waals surface area contributed by atoms with Crippen LogP contribution in [0.5, 0.6) is 0 Å². The van der Waals surface area contributed by atoms with Gasteiger partial charge in [-0.2, -0.15) is 0 Å². The van der Waals surface area contributed by atoms with Gasteiger partial charge in [-0.05, 0) is 50.3 Å². The lowest BCUT2D eigenvalue weighted by Gasteiger charge is -2.43. The van der Waals surface area contributed by atoms with E-state index in [2.05, 4.69) is 12.1 Å². The van der Waals surface area contributed by atoms with Gasteiger partial charge in [0, 0.05) is 16.8 Å². The summed E-state index contributed by atoms with van der Waals surface area (Å²) in [6.07, 6.45) is 8.54. The molecule has 1 spiro atoms. The molecule has 2 nitrogen and oxygen atoms in total. The molecule has 2 fully saturated rings. The highest BCUT2D eigenvalue weighted by Crippen LogP contribution is 2.43. The van der Waals surface area contributed by atoms with Gasteiger partial charge in [-0.3, -0.25) is 0 Å². The molecule has 1 aromatic rings. The van der Waals surface area contributed by atoms with Crippen molar-refractivity contribution >= 4 is 11.8 Å². The second-order valence-electron chi connectivity index (χ2n) is 6.57. The molecule has 3 heteroatoms. The van der Waals surface area contributed by atoms with Crippen LogP contribution in [0.3, 0.4) is 0 Å². The summed E-state index contributed by atoms with van der Waals surface area (Å²) in [5.74, 6) is 0. The number of hydrogen-bond donors (Lipinski definition) is 1. The summed E-state index contributed by atoms with van der Waals surface area (Å²) in [7, 11) is 0. The van der Waals surface area contributed by atoms with Crippen LogP contribution in [0.4, 0.5) is 0 Å². The minimum Gasteiger partial charge on any atom is -0.389 e. The van der Waals surface area contributed by atoms with Gasteiger partial charge in [-0.15, -0.1) is 11.8 Å². The molecule has 116 valence electrons. The third kappa shape index (κ3) is 3.82. The monoisotopic (exact) mass is 306 g/mol. The first-order chi connectivity index (χ1) is 10.2. The molecule has 1 aliphatic carbocycles. The number of aliphatic hydroxyl groups is 1. The lowest BCUT2D eigenvalue weighted by Crippen LogP contribution is -2.42. The highest BCUT2D eigenvalue weighted by atomic mass is 32.2. The highest BCUT2D eigenvalue weighted by molar-refractivity contribution is 8.00. The summed E-state index contributed by atoms with van der Waals surface area (Å²) in [4.78, 5) is 1.32. The molecule has 1 aliphatic heterocycles. The van der Waals surface area contributed by atoms with Crippen LogP contribution < -0.4 is 0 Å². The van der Waals surface area contributed by atoms with Crippen LogP contribution in [0.2, 0.25) is 0 Å². The Hall–Kier alpha value is -0.510. The minimum atomic E-state index is -0.377. The zero-order chi connectivity index (χ0) is 14.7. The van der Waals surface area contributed by atoms with E-state index in [0.717, 1.165) is 18.6 Å². The Bertz CT molecular complexity index is 443. The van der Waals surface area contributed by atoms with Gasteiger partial charge in [0.15, 0.2) is 0 Å². The van der Waals surface area contributed by atoms with E-state index in [1.807, 2.05) is 30.8 Å². The number of rotatable bonds is 3. The first-order valence-electron chi connectivity index (χ1n) is 8.26. The molecule has 1 N–H and O–H groups in total. The molecular formula is C18H26O2S. The number of benzene rings is 1. The first-order valence-corrected chi connectivity index (χ1v) is 9.14. The Labute approximate surface area is 132 Å². The van der Waals surface area contributed by atoms with E-state index in [4.69, 9.17) is 4.74 Å². The average Bonchev–Trinajstić information content (AvgIpc) is 2.49. The summed E-state index contributed by atoms with van der Waals surface area (Å²) in [6.45, 7) is 2.73. The highest BCUT2D eigenvalue weighted by Gasteiger charge is 2.38. The smallest absolute Gasteiger partial charge is 0.0761 e. The molecule has 2 atom stereocenters. The van der Waals surface area contributed by atoms with Crippen LogP contribution in [-0.4, -0.2) is 22.6 Å². The van der Waals surface area contributed by atoms with Gasteiger partial charge in [0.1, 0.15) is 0 Å². The van der Waals surface area contributed by atoms with Crippen molar-refractivity contribution in [3.63, 3.8) is 0 Å². The van der Waals surface area contributed by atoms with Crippen molar-refractivity contribution in [2.75, 3.05) is 6.61 Å². The van der Waals surface area contributed by atoms with Crippen LogP contribution in [0.25, 0.3) is 0 Å². The third-order valence-electron chi connectivity index (χ3n) is 4.88. The minimum absolute atomic E-state index is 0.188. The fraction of sp³-hybridized carbons (Fsp3) is 0.667. The van der Waals surface area contributed by atoms with Crippen LogP contribution in [0.1, 0.15) is 63.5 Å². The van der Waals surface area contributed by atoms with Crippen molar-refractivity contribution in [2.24, 2.45) is 0 Å². The number of hydrogen-bond acceptors (Lipinski definition) is 3. The zero-order valence-electron chi connectivity index (χ0n) is 12.9. The van der Waals surface area contributed by atoms with Crippen molar-refractivity contribution in [1.82, 2.24) is 0 Å². The standard InChI is InChI=1S/C18H26O2S/c1-14(19)15-5-7-16(8-6-15)21-17-9-12-20-18(13-17)10-3-2-4-11-18/h5-8,14,17,19H,2-4,9-13H2,1H3. The number of thioether (sulfide) groups is 1. The van der Waals surface area contributed by atoms with Gasteiger partial charge < -0.3 is 9.84 Å². The summed E-state index contributed by atoms with van der Waals surface area (Å²) in [5, 5.41) is 10.3. The van der Waals surface area contributed by atoms with Crippen molar-refractivity contribution in [3.8, 4) is 0 Å². The molecule has 1 saturated heterocycles. The van der Waals surface area contributed by atoms with Gasteiger partial charge >= 0.3 is 0 Å². The molecule has 0 radical (unpaired) electrons. The van der Waals surface area contributed by atoms with Gasteiger partial charge in [0.2, 0.25) is 0 Å². The van der Waals surface area contributed by atoms with E-state index in [9.17, 15) is 5.11 Å². The summed E-state index contributed by atoms with van der Waals surface area (Å²) in [5.41, 5.74) is 1.18. The van der Waals surface area contributed by atoms with Crippen LogP contribution in [0, 0.1) is 0 Å². The molecule has 2 unspecified atom stereocenters. The fourth-order valence-corrected chi connectivity index (χ4v) is 4.92. The second kappa shape index (κ2) is 6.72. The predicted octanol–water partition coefficient (Wildman–Crippen LogP) is 4.71. The summed E-state index contributed by atoms with van der Waals surface area (Å²) < 4.78 is 6.18. The van der Waals surface area contributed by atoms with Crippen molar-refractivity contribution < 1.29 is 9.84 Å². The predicted molar refractivity (Wildman–Crippen MR) is 87.7 cm³/mol. The Kier molecular flexibility index (Phi) is 4.92. The van der Waals surface area contributed by atoms with Gasteiger partial charge in [-0.1, -0.05) is 31.4 Å². The molecule has 21 heavy (non-hydrogen) atoms. The SMILES string of the molecule is CC(O)c1ccc(SC2CCOC3(CCCCC3)C2)cc1. The molecule has 1 saturated carbocycles. The third-order valence-corrected chi connectivity index (χ3v) is 6.16. The normalized spacial score (nSPS) is 26.7. The molecule has 0 amide bonds. The lowest BCUT2D eigenvalue weighted by molar-refractivity contribution is -0.0970. The Morgan fingerprint density at radius 2 is 1.90 bits per heavy atom. The molecule has 1 heterocycles. The maximum atomic E-state index is 9.58. The Balaban J connectivity index is 1.61. The van der Waals surface area contributed by atoms with Gasteiger partial charge in [-0.25, -0.2) is 0 Å². The van der Waals surface area contributed by atoms with E-state index in [0.29, 0.717) is 5.25 Å². The fourth-order valence-electron chi connectivity index (χ4n) is 3.65. The maximum absolute atomic E-state index is 9.58. The quantitative estimate of drug-likeness (QED) is 0.876. The number of ether oxygens (including phenoxy) is 1. The van der Waals surface area contributed by atoms with Gasteiger partial charge in [0.05, 0.1) is 11.7 Å². The molecule has 3 rings (SSSR count). The molecule has 1 aromatic carbocycles. The van der Waals surface area contributed by atoms with E-state index < -0.39 is 0 Å². The van der Waals surface area contributed by atoms with Crippen molar-refractivity contribution in [3.05, 3.63) is 29.8 Å². The zero-order valence-corrected chi connectivity index (χ0v) is 13.7. The van der Waals surface area contributed by atoms with Crippen LogP contribution in [-0.2, 0) is 4.74 Å². The largest absolute Gasteiger partial charge is 0.389 e. The van der Waals surface area contributed by atoms with Crippen LogP contribution in [0.15, 0.2) is 29.2 Å². The van der Waals surface area contributed by atoms with Crippen molar-refractivity contribution in [2.45, 2.75) is 73.7 Å².